The summed E-state index contributed by atoms with van der Waals surface area (Å²) in [4.78, 5) is 0. The minimum atomic E-state index is -0.227. The summed E-state index contributed by atoms with van der Waals surface area (Å²) < 4.78 is 14.0. The fraction of sp³-hybridized carbons (Fsp3) is 0.538. The van der Waals surface area contributed by atoms with Crippen LogP contribution >= 0.6 is 15.9 Å². The lowest BCUT2D eigenvalue weighted by Crippen LogP contribution is -2.52. The van der Waals surface area contributed by atoms with E-state index in [0.717, 1.165) is 10.0 Å². The lowest BCUT2D eigenvalue weighted by atomic mass is 9.88. The van der Waals surface area contributed by atoms with Gasteiger partial charge in [-0.2, -0.15) is 0 Å². The van der Waals surface area contributed by atoms with Gasteiger partial charge in [-0.25, -0.2) is 4.39 Å². The van der Waals surface area contributed by atoms with Crippen molar-refractivity contribution in [3.8, 4) is 0 Å². The van der Waals surface area contributed by atoms with Crippen molar-refractivity contribution in [2.24, 2.45) is 11.7 Å². The molecule has 0 heterocycles. The van der Waals surface area contributed by atoms with Crippen LogP contribution in [0.4, 0.5) is 4.39 Å². The minimum Gasteiger partial charge on any atom is -0.329 e. The van der Waals surface area contributed by atoms with E-state index in [-0.39, 0.29) is 11.4 Å². The highest BCUT2D eigenvalue weighted by Crippen LogP contribution is 2.18. The van der Waals surface area contributed by atoms with Gasteiger partial charge in [0.25, 0.3) is 0 Å². The van der Waals surface area contributed by atoms with Crippen molar-refractivity contribution in [3.63, 3.8) is 0 Å². The first-order valence-corrected chi connectivity index (χ1v) is 6.57. The van der Waals surface area contributed by atoms with Crippen LogP contribution in [0.25, 0.3) is 0 Å². The molecule has 1 rings (SSSR count). The molecule has 0 aliphatic heterocycles. The molecule has 17 heavy (non-hydrogen) atoms. The van der Waals surface area contributed by atoms with E-state index in [0.29, 0.717) is 19.0 Å². The van der Waals surface area contributed by atoms with E-state index in [4.69, 9.17) is 5.73 Å². The Morgan fingerprint density at radius 3 is 2.53 bits per heavy atom. The van der Waals surface area contributed by atoms with Gasteiger partial charge >= 0.3 is 0 Å². The summed E-state index contributed by atoms with van der Waals surface area (Å²) in [5.74, 6) is 0.194. The number of hydrogen-bond donors (Lipinski definition) is 2. The summed E-state index contributed by atoms with van der Waals surface area (Å²) in [5.41, 5.74) is 6.57. The molecule has 0 fully saturated rings. The highest BCUT2D eigenvalue weighted by atomic mass is 79.9. The molecule has 0 saturated carbocycles. The second kappa shape index (κ2) is 5.94. The fourth-order valence-electron chi connectivity index (χ4n) is 1.53. The predicted octanol–water partition coefficient (Wildman–Crippen LogP) is 3.05. The molecule has 1 unspecified atom stereocenters. The molecule has 1 atom stereocenters. The molecule has 0 amide bonds. The van der Waals surface area contributed by atoms with Gasteiger partial charge in [0.1, 0.15) is 5.82 Å². The Morgan fingerprint density at radius 1 is 1.41 bits per heavy atom. The smallest absolute Gasteiger partial charge is 0.124 e. The number of benzene rings is 1. The summed E-state index contributed by atoms with van der Waals surface area (Å²) in [6, 6.07) is 4.90. The third-order valence-electron chi connectivity index (χ3n) is 3.32. The fourth-order valence-corrected chi connectivity index (χ4v) is 2.04. The summed E-state index contributed by atoms with van der Waals surface area (Å²) in [5, 5.41) is 3.40. The highest BCUT2D eigenvalue weighted by molar-refractivity contribution is 9.10. The van der Waals surface area contributed by atoms with Crippen molar-refractivity contribution in [2.45, 2.75) is 32.9 Å². The summed E-state index contributed by atoms with van der Waals surface area (Å²) >= 11 is 3.29. The van der Waals surface area contributed by atoms with E-state index in [1.165, 1.54) is 12.1 Å². The Morgan fingerprint density at radius 2 is 2.06 bits per heavy atom. The van der Waals surface area contributed by atoms with Crippen LogP contribution in [0.3, 0.4) is 0 Å². The molecule has 0 spiro atoms. The van der Waals surface area contributed by atoms with Crippen molar-refractivity contribution in [1.29, 1.82) is 0 Å². The van der Waals surface area contributed by atoms with Gasteiger partial charge in [-0.15, -0.1) is 0 Å². The average molecular weight is 303 g/mol. The number of nitrogens with two attached hydrogens (primary N) is 1. The van der Waals surface area contributed by atoms with Gasteiger partial charge in [0, 0.05) is 23.1 Å². The largest absolute Gasteiger partial charge is 0.329 e. The lowest BCUT2D eigenvalue weighted by Gasteiger charge is -2.34. The van der Waals surface area contributed by atoms with Crippen LogP contribution in [-0.2, 0) is 6.54 Å². The normalized spacial score (nSPS) is 15.0. The van der Waals surface area contributed by atoms with Gasteiger partial charge in [-0.3, -0.25) is 0 Å². The number of nitrogens with one attached hydrogen (secondary N) is 1. The van der Waals surface area contributed by atoms with Crippen molar-refractivity contribution in [3.05, 3.63) is 34.1 Å². The van der Waals surface area contributed by atoms with E-state index in [1.807, 2.05) is 6.07 Å². The van der Waals surface area contributed by atoms with Crippen LogP contribution < -0.4 is 11.1 Å². The third-order valence-corrected chi connectivity index (χ3v) is 3.77. The molecule has 4 heteroatoms. The van der Waals surface area contributed by atoms with Crippen LogP contribution in [0.2, 0.25) is 0 Å². The molecular formula is C13H20BrFN2. The number of hydrogen-bond acceptors (Lipinski definition) is 2. The van der Waals surface area contributed by atoms with E-state index >= 15 is 0 Å². The van der Waals surface area contributed by atoms with Crippen molar-refractivity contribution in [1.82, 2.24) is 5.32 Å². The first kappa shape index (κ1) is 14.6. The SMILES string of the molecule is CC(C)C(C)(CN)NCc1cc(F)cc(Br)c1. The van der Waals surface area contributed by atoms with E-state index in [1.54, 1.807) is 0 Å². The molecule has 0 aliphatic carbocycles. The zero-order valence-corrected chi connectivity index (χ0v) is 12.1. The molecule has 0 radical (unpaired) electrons. The van der Waals surface area contributed by atoms with Gasteiger partial charge in [0.2, 0.25) is 0 Å². The Hall–Kier alpha value is -0.450. The van der Waals surface area contributed by atoms with Crippen LogP contribution in [0.15, 0.2) is 22.7 Å². The molecular weight excluding hydrogens is 283 g/mol. The lowest BCUT2D eigenvalue weighted by molar-refractivity contribution is 0.267. The average Bonchev–Trinajstić information content (AvgIpc) is 2.24. The zero-order chi connectivity index (χ0) is 13.1. The van der Waals surface area contributed by atoms with Crippen LogP contribution in [-0.4, -0.2) is 12.1 Å². The molecule has 0 aliphatic rings. The van der Waals surface area contributed by atoms with Gasteiger partial charge in [-0.1, -0.05) is 29.8 Å². The molecule has 0 aromatic heterocycles. The Bertz CT molecular complexity index is 361. The van der Waals surface area contributed by atoms with Gasteiger partial charge in [0.15, 0.2) is 0 Å². The Balaban J connectivity index is 2.72. The molecule has 2 nitrogen and oxygen atoms in total. The van der Waals surface area contributed by atoms with Gasteiger partial charge in [-0.05, 0) is 36.6 Å². The van der Waals surface area contributed by atoms with Crippen LogP contribution in [0.1, 0.15) is 26.3 Å². The third kappa shape index (κ3) is 4.05. The first-order valence-electron chi connectivity index (χ1n) is 5.77. The van der Waals surface area contributed by atoms with Crippen molar-refractivity contribution < 1.29 is 4.39 Å². The van der Waals surface area contributed by atoms with E-state index in [9.17, 15) is 4.39 Å². The van der Waals surface area contributed by atoms with E-state index in [2.05, 4.69) is 42.0 Å². The van der Waals surface area contributed by atoms with Crippen LogP contribution in [0, 0.1) is 11.7 Å². The van der Waals surface area contributed by atoms with Crippen molar-refractivity contribution in [2.75, 3.05) is 6.54 Å². The summed E-state index contributed by atoms with van der Waals surface area (Å²) in [6.45, 7) is 7.51. The maximum atomic E-state index is 13.2. The quantitative estimate of drug-likeness (QED) is 0.877. The van der Waals surface area contributed by atoms with Crippen molar-refractivity contribution >= 4 is 15.9 Å². The first-order chi connectivity index (χ1) is 7.87. The number of rotatable bonds is 5. The molecule has 1 aromatic carbocycles. The van der Waals surface area contributed by atoms with E-state index < -0.39 is 0 Å². The predicted molar refractivity (Wildman–Crippen MR) is 73.2 cm³/mol. The van der Waals surface area contributed by atoms with Crippen LogP contribution in [0.5, 0.6) is 0 Å². The van der Waals surface area contributed by atoms with Gasteiger partial charge in [0.05, 0.1) is 0 Å². The maximum absolute atomic E-state index is 13.2. The Labute approximate surface area is 111 Å². The molecule has 1 aromatic rings. The number of halogens is 2. The standard InChI is InChI=1S/C13H20BrFN2/c1-9(2)13(3,8-16)17-7-10-4-11(14)6-12(15)5-10/h4-6,9,17H,7-8,16H2,1-3H3. The second-order valence-corrected chi connectivity index (χ2v) is 5.82. The molecule has 3 N–H and O–H groups in total. The highest BCUT2D eigenvalue weighted by Gasteiger charge is 2.25. The second-order valence-electron chi connectivity index (χ2n) is 4.91. The van der Waals surface area contributed by atoms with Gasteiger partial charge < -0.3 is 11.1 Å². The topological polar surface area (TPSA) is 38.0 Å². The molecule has 96 valence electrons. The molecule has 0 bridgehead atoms. The summed E-state index contributed by atoms with van der Waals surface area (Å²) in [6.07, 6.45) is 0. The Kier molecular flexibility index (Phi) is 5.10. The monoisotopic (exact) mass is 302 g/mol. The minimum absolute atomic E-state index is 0.126. The molecule has 0 saturated heterocycles. The summed E-state index contributed by atoms with van der Waals surface area (Å²) in [7, 11) is 0. The zero-order valence-electron chi connectivity index (χ0n) is 10.6. The maximum Gasteiger partial charge on any atom is 0.124 e.